The van der Waals surface area contributed by atoms with Crippen LogP contribution < -0.4 is 4.90 Å². The van der Waals surface area contributed by atoms with Crippen molar-refractivity contribution in [2.24, 2.45) is 0 Å². The highest BCUT2D eigenvalue weighted by atomic mass is 15.3. The lowest BCUT2D eigenvalue weighted by molar-refractivity contribution is 0.538. The van der Waals surface area contributed by atoms with E-state index in [9.17, 15) is 0 Å². The SMILES string of the molecule is C#Cc1c(/C=C\C)n(-c2cccc(N3c4ccccc4C4C=CC=CC43C)n2)c2ccccc12. The van der Waals surface area contributed by atoms with Gasteiger partial charge in [0.25, 0.3) is 0 Å². The summed E-state index contributed by atoms with van der Waals surface area (Å²) in [6.07, 6.45) is 18.9. The standard InChI is InChI=1S/C31H25N3/c1-4-13-26-22(5-2)23-14-6-8-17-27(23)33(26)29-19-12-20-30(32-29)34-28-18-9-7-15-24(28)25-16-10-11-21-31(25,34)3/h2,4,6-21,25H,1,3H3/b13-4-. The van der Waals surface area contributed by atoms with Crippen molar-refractivity contribution in [1.82, 2.24) is 9.55 Å². The van der Waals surface area contributed by atoms with E-state index in [0.717, 1.165) is 33.8 Å². The molecule has 0 amide bonds. The van der Waals surface area contributed by atoms with Crippen LogP contribution in [-0.2, 0) is 0 Å². The summed E-state index contributed by atoms with van der Waals surface area (Å²) in [5.41, 5.74) is 5.22. The van der Waals surface area contributed by atoms with Gasteiger partial charge in [-0.05, 0) is 49.8 Å². The number of para-hydroxylation sites is 2. The quantitative estimate of drug-likeness (QED) is 0.316. The molecular weight excluding hydrogens is 414 g/mol. The minimum Gasteiger partial charge on any atom is -0.316 e. The van der Waals surface area contributed by atoms with Crippen LogP contribution in [0, 0.1) is 12.3 Å². The molecule has 4 aromatic rings. The van der Waals surface area contributed by atoms with Crippen molar-refractivity contribution in [3.63, 3.8) is 0 Å². The summed E-state index contributed by atoms with van der Waals surface area (Å²) in [5, 5.41) is 1.06. The maximum absolute atomic E-state index is 5.97. The van der Waals surface area contributed by atoms with Gasteiger partial charge < -0.3 is 4.90 Å². The second kappa shape index (κ2) is 7.64. The van der Waals surface area contributed by atoms with Gasteiger partial charge in [-0.1, -0.05) is 78.8 Å². The molecule has 0 saturated heterocycles. The molecule has 6 rings (SSSR count). The average molecular weight is 440 g/mol. The zero-order valence-electron chi connectivity index (χ0n) is 19.3. The highest BCUT2D eigenvalue weighted by molar-refractivity contribution is 5.92. The number of nitrogens with zero attached hydrogens (tertiary/aromatic N) is 3. The van der Waals surface area contributed by atoms with E-state index in [1.54, 1.807) is 0 Å². The molecule has 3 nitrogen and oxygen atoms in total. The van der Waals surface area contributed by atoms with E-state index in [0.29, 0.717) is 0 Å². The van der Waals surface area contributed by atoms with E-state index >= 15 is 0 Å². The molecule has 34 heavy (non-hydrogen) atoms. The third kappa shape index (κ3) is 2.75. The van der Waals surface area contributed by atoms with Gasteiger partial charge in [0.1, 0.15) is 11.6 Å². The molecule has 164 valence electrons. The topological polar surface area (TPSA) is 21.1 Å². The summed E-state index contributed by atoms with van der Waals surface area (Å²) in [7, 11) is 0. The monoisotopic (exact) mass is 439 g/mol. The zero-order chi connectivity index (χ0) is 23.3. The van der Waals surface area contributed by atoms with Crippen LogP contribution in [-0.4, -0.2) is 15.1 Å². The van der Waals surface area contributed by atoms with E-state index < -0.39 is 0 Å². The second-order valence-electron chi connectivity index (χ2n) is 8.95. The summed E-state index contributed by atoms with van der Waals surface area (Å²) in [4.78, 5) is 7.60. The van der Waals surface area contributed by atoms with Gasteiger partial charge in [-0.25, -0.2) is 4.98 Å². The molecule has 0 saturated carbocycles. The Morgan fingerprint density at radius 1 is 0.971 bits per heavy atom. The minimum absolute atomic E-state index is 0.223. The Labute approximate surface area is 200 Å². The van der Waals surface area contributed by atoms with Gasteiger partial charge in [0.15, 0.2) is 0 Å². The first kappa shape index (κ1) is 20.3. The Hall–Kier alpha value is -4.29. The number of hydrogen-bond donors (Lipinski definition) is 0. The smallest absolute Gasteiger partial charge is 0.140 e. The van der Waals surface area contributed by atoms with Crippen LogP contribution in [0.2, 0.25) is 0 Å². The van der Waals surface area contributed by atoms with Crippen molar-refractivity contribution < 1.29 is 0 Å². The van der Waals surface area contributed by atoms with Gasteiger partial charge in [0.05, 0.1) is 22.3 Å². The fraction of sp³-hybridized carbons (Fsp3) is 0.129. The molecule has 0 bridgehead atoms. The first-order chi connectivity index (χ1) is 16.7. The molecule has 3 heterocycles. The predicted molar refractivity (Wildman–Crippen MR) is 142 cm³/mol. The normalized spacial score (nSPS) is 20.6. The summed E-state index contributed by atoms with van der Waals surface area (Å²) in [6.45, 7) is 4.30. The largest absolute Gasteiger partial charge is 0.316 e. The average Bonchev–Trinajstić information content (AvgIpc) is 3.32. The highest BCUT2D eigenvalue weighted by Gasteiger charge is 2.47. The van der Waals surface area contributed by atoms with Gasteiger partial charge in [0.2, 0.25) is 0 Å². The fourth-order valence-electron chi connectivity index (χ4n) is 5.58. The van der Waals surface area contributed by atoms with Crippen LogP contribution in [0.1, 0.15) is 36.6 Å². The van der Waals surface area contributed by atoms with Gasteiger partial charge >= 0.3 is 0 Å². The lowest BCUT2D eigenvalue weighted by Gasteiger charge is -2.38. The third-order valence-corrected chi connectivity index (χ3v) is 7.03. The van der Waals surface area contributed by atoms with Gasteiger partial charge in [0, 0.05) is 17.0 Å². The third-order valence-electron chi connectivity index (χ3n) is 7.03. The van der Waals surface area contributed by atoms with Crippen molar-refractivity contribution in [1.29, 1.82) is 0 Å². The molecule has 0 spiro atoms. The summed E-state index contributed by atoms with van der Waals surface area (Å²) < 4.78 is 2.17. The van der Waals surface area contributed by atoms with E-state index in [2.05, 4.69) is 107 Å². The van der Waals surface area contributed by atoms with Crippen LogP contribution in [0.3, 0.4) is 0 Å². The van der Waals surface area contributed by atoms with Crippen LogP contribution in [0.25, 0.3) is 22.8 Å². The molecule has 2 aromatic carbocycles. The van der Waals surface area contributed by atoms with Crippen molar-refractivity contribution in [2.75, 3.05) is 4.90 Å². The van der Waals surface area contributed by atoms with Crippen LogP contribution in [0.4, 0.5) is 11.5 Å². The number of allylic oxidation sites excluding steroid dienone is 3. The lowest BCUT2D eigenvalue weighted by atomic mass is 9.80. The lowest BCUT2D eigenvalue weighted by Crippen LogP contribution is -2.42. The molecule has 1 aliphatic carbocycles. The zero-order valence-corrected chi connectivity index (χ0v) is 19.3. The Morgan fingerprint density at radius 2 is 1.76 bits per heavy atom. The molecule has 2 aromatic heterocycles. The maximum Gasteiger partial charge on any atom is 0.140 e. The molecule has 2 unspecified atom stereocenters. The Kier molecular flexibility index (Phi) is 4.57. The van der Waals surface area contributed by atoms with Crippen molar-refractivity contribution in [2.45, 2.75) is 25.3 Å². The van der Waals surface area contributed by atoms with Crippen molar-refractivity contribution in [3.8, 4) is 18.2 Å². The summed E-state index contributed by atoms with van der Waals surface area (Å²) in [6, 6.07) is 23.2. The van der Waals surface area contributed by atoms with Crippen LogP contribution >= 0.6 is 0 Å². The number of pyridine rings is 1. The van der Waals surface area contributed by atoms with E-state index in [1.165, 1.54) is 11.3 Å². The fourth-order valence-corrected chi connectivity index (χ4v) is 5.58. The first-order valence-electron chi connectivity index (χ1n) is 11.6. The highest BCUT2D eigenvalue weighted by Crippen LogP contribution is 2.53. The second-order valence-corrected chi connectivity index (χ2v) is 8.95. The number of anilines is 2. The number of aromatic nitrogens is 2. The molecule has 2 atom stereocenters. The van der Waals surface area contributed by atoms with Crippen molar-refractivity contribution in [3.05, 3.63) is 114 Å². The molecule has 0 radical (unpaired) electrons. The summed E-state index contributed by atoms with van der Waals surface area (Å²) in [5.74, 6) is 4.96. The molecule has 0 N–H and O–H groups in total. The van der Waals surface area contributed by atoms with E-state index in [-0.39, 0.29) is 11.5 Å². The van der Waals surface area contributed by atoms with E-state index in [1.807, 2.05) is 25.1 Å². The maximum atomic E-state index is 5.97. The summed E-state index contributed by atoms with van der Waals surface area (Å²) >= 11 is 0. The Morgan fingerprint density at radius 3 is 2.62 bits per heavy atom. The predicted octanol–water partition coefficient (Wildman–Crippen LogP) is 7.16. The van der Waals surface area contributed by atoms with Crippen molar-refractivity contribution >= 4 is 28.5 Å². The minimum atomic E-state index is -0.223. The number of rotatable bonds is 3. The number of benzene rings is 2. The van der Waals surface area contributed by atoms with Crippen LogP contribution in [0.5, 0.6) is 0 Å². The van der Waals surface area contributed by atoms with E-state index in [4.69, 9.17) is 11.4 Å². The first-order valence-corrected chi connectivity index (χ1v) is 11.6. The Bertz CT molecular complexity index is 1560. The number of fused-ring (bicyclic) bond motifs is 4. The molecule has 1 aliphatic heterocycles. The molecule has 2 aliphatic rings. The Balaban J connectivity index is 1.59. The molecule has 3 heteroatoms. The number of terminal acetylenes is 1. The van der Waals surface area contributed by atoms with Gasteiger partial charge in [-0.15, -0.1) is 6.42 Å². The van der Waals surface area contributed by atoms with Gasteiger partial charge in [-0.2, -0.15) is 0 Å². The van der Waals surface area contributed by atoms with Crippen LogP contribution in [0.15, 0.2) is 97.1 Å². The van der Waals surface area contributed by atoms with Gasteiger partial charge in [-0.3, -0.25) is 4.57 Å². The molecule has 0 fully saturated rings. The number of hydrogen-bond acceptors (Lipinski definition) is 2. The molecular formula is C31H25N3.